The third kappa shape index (κ3) is 147. The Morgan fingerprint density at radius 3 is 0.951 bits per heavy atom. The molecule has 4 amide bonds. The number of imide groups is 2. The number of thiol groups is 1. The predicted octanol–water partition coefficient (Wildman–Crippen LogP) is 14.8. The van der Waals surface area contributed by atoms with Crippen LogP contribution in [0.25, 0.3) is 10.4 Å². The molecule has 0 aliphatic carbocycles. The average molecular weight is 3270 g/mol. The Kier molecular flexibility index (Phi) is 252. The summed E-state index contributed by atoms with van der Waals surface area (Å²) in [5, 5.41) is 10.1. The summed E-state index contributed by atoms with van der Waals surface area (Å²) in [4.78, 5) is 109. The number of carbonyl (C=O) groups excluding carboxylic acids is 10. The molecule has 2 aliphatic heterocycles. The number of carbonyl (C=O) groups is 10. The van der Waals surface area contributed by atoms with E-state index >= 15 is 0 Å². The van der Waals surface area contributed by atoms with E-state index in [1.165, 1.54) is 35.6 Å². The number of aryl methyl sites for hydroxylation is 1. The van der Waals surface area contributed by atoms with E-state index in [4.69, 9.17) is 12.0 Å². The van der Waals surface area contributed by atoms with E-state index in [1.54, 1.807) is 96.5 Å². The number of likely N-dealkylation sites (tertiary alicyclic amines) is 1. The van der Waals surface area contributed by atoms with Gasteiger partial charge in [0.15, 0.2) is 0 Å². The van der Waals surface area contributed by atoms with Crippen molar-refractivity contribution in [1.29, 1.82) is 0 Å². The third-order valence-corrected chi connectivity index (χ3v) is 10.2. The van der Waals surface area contributed by atoms with Gasteiger partial charge in [-0.1, -0.05) is 117 Å². The fraction of sp³-hybridized carbons (Fsp3) is 0.489. The van der Waals surface area contributed by atoms with Gasteiger partial charge in [0, 0.05) is 380 Å². The Balaban J connectivity index is -0.0000000273. The zero-order valence-electron chi connectivity index (χ0n) is 57.5. The molecular weight excluding hydrogens is 3190 g/mol. The standard InChI is InChI=1S/C6H8N3O2.C6H8NO2S.4C5H8BrO2.C5H4NO2.C5H5O2.C2H6S2.CH3Br.CH3N3.CH4S.2I2.2HI.4S2.8Y/c1-9-4-5(7-8-9)3-6(10)11-2;1-7-5(8)3-4(10-2)6(7)9;4*1-5(2,6)4(7)8-3;1-6-4(7)2-3-5(6)8;1-3-4-5(6)7-2;1-3-4-2;1-2;1-3-4-2;3*1-2;;;4*1-2;;;;;;;;/h4H,2-3H2,1H3;4H,1,3H2,2H3;4*3H2,1-2H3;2-3H,1H2;1H,2,4H2;1-2H3;1H3;1H3;2H,1H3;;;2*1H;;;;;;;;;;;;/q8*-1;;;;;;;;;4*-2;;;;;;;;. The topological polar surface area (TPSA) is 312 Å². The number of hydrogen-bond donors (Lipinski definition) is 1. The quantitative estimate of drug-likeness (QED) is 0.0192. The van der Waals surface area contributed by atoms with Gasteiger partial charge in [-0.05, 0) is 91.8 Å². The van der Waals surface area contributed by atoms with Gasteiger partial charge in [0.2, 0.25) is 23.6 Å². The molecule has 1 atom stereocenters. The second-order valence-electron chi connectivity index (χ2n) is 14.7. The van der Waals surface area contributed by atoms with Crippen molar-refractivity contribution < 1.29 is 338 Å². The fourth-order valence-electron chi connectivity index (χ4n) is 2.76. The van der Waals surface area contributed by atoms with E-state index in [9.17, 15) is 47.9 Å². The van der Waals surface area contributed by atoms with Crippen molar-refractivity contribution in [2.45, 2.75) is 97.2 Å². The Labute approximate surface area is 992 Å². The van der Waals surface area contributed by atoms with E-state index in [1.807, 2.05) is 12.1 Å². The monoisotopic (exact) mass is 3260 g/mol. The van der Waals surface area contributed by atoms with Crippen molar-refractivity contribution in [2.75, 3.05) is 37.9 Å². The van der Waals surface area contributed by atoms with E-state index in [2.05, 4.69) is 384 Å². The molecule has 0 spiro atoms. The van der Waals surface area contributed by atoms with Crippen LogP contribution in [0.5, 0.6) is 0 Å². The average Bonchev–Trinajstić information content (AvgIpc) is 1.73. The van der Waals surface area contributed by atoms with Crippen LogP contribution in [0.3, 0.4) is 0 Å². The molecule has 1 unspecified atom stereocenters. The number of thioether (sulfide) groups is 1. The molecule has 8 radical (unpaired) electrons. The summed E-state index contributed by atoms with van der Waals surface area (Å²) in [6.45, 7) is 13.6. The van der Waals surface area contributed by atoms with Crippen LogP contribution >= 0.6 is 248 Å². The van der Waals surface area contributed by atoms with Crippen LogP contribution < -0.4 is 0 Å². The van der Waals surface area contributed by atoms with Gasteiger partial charge in [-0.2, -0.15) is 67.0 Å². The van der Waals surface area contributed by atoms with Crippen molar-refractivity contribution in [3.05, 3.63) is 91.2 Å². The van der Waals surface area contributed by atoms with Crippen LogP contribution in [-0.2, 0) is 445 Å². The van der Waals surface area contributed by atoms with Gasteiger partial charge in [-0.25, -0.2) is 14.1 Å². The number of esters is 6. The van der Waals surface area contributed by atoms with Crippen molar-refractivity contribution in [3.63, 3.8) is 0 Å². The molecule has 1 saturated heterocycles. The number of halogens is 11. The largest absolute Gasteiger partial charge is 1.00 e. The van der Waals surface area contributed by atoms with Crippen LogP contribution in [-0.4, -0.2) is 145 Å². The first-order chi connectivity index (χ1) is 42.7. The molecule has 102 heavy (non-hydrogen) atoms. The fourth-order valence-corrected chi connectivity index (χ4v) is 3.86. The molecule has 588 valence electrons. The maximum Gasteiger partial charge on any atom is 0.290 e. The van der Waals surface area contributed by atoms with Gasteiger partial charge in [0.05, 0.1) is 17.4 Å². The molecule has 0 bridgehead atoms. The van der Waals surface area contributed by atoms with E-state index in [-0.39, 0.29) is 375 Å². The predicted molar refractivity (Wildman–Crippen MR) is 482 cm³/mol. The van der Waals surface area contributed by atoms with Crippen molar-refractivity contribution in [2.24, 2.45) is 12.2 Å². The second kappa shape index (κ2) is 140. The van der Waals surface area contributed by atoms with Gasteiger partial charge in [-0.15, -0.1) is 59.5 Å². The molecule has 1 aromatic heterocycles. The first-order valence-corrected chi connectivity index (χ1v) is 49.6. The molecule has 3 heterocycles. The van der Waals surface area contributed by atoms with Crippen molar-refractivity contribution in [1.82, 2.24) is 24.8 Å². The number of terminal acetylenes is 1. The smallest absolute Gasteiger partial charge is 0.290 e. The molecule has 0 saturated carbocycles. The summed E-state index contributed by atoms with van der Waals surface area (Å²) in [6.07, 6.45) is 16.8. The number of amides is 4. The maximum atomic E-state index is 11.0. The van der Waals surface area contributed by atoms with Crippen molar-refractivity contribution >= 4 is 401 Å². The minimum absolute atomic E-state index is 0. The molecule has 3 rings (SSSR count). The zero-order chi connectivity index (χ0) is 77.8. The normalized spacial score (nSPS) is 9.90. The summed E-state index contributed by atoms with van der Waals surface area (Å²) in [5.74, 6) is 0.532. The van der Waals surface area contributed by atoms with E-state index in [0.29, 0.717) is 12.1 Å². The number of nitrogens with zero attached hydrogens (tertiary/aromatic N) is 8. The maximum absolute atomic E-state index is 11.0. The van der Waals surface area contributed by atoms with Crippen LogP contribution in [0.2, 0.25) is 0 Å². The molecular formula is C47H75Br5I6N8O16S12Y8-16. The van der Waals surface area contributed by atoms with Gasteiger partial charge >= 0.3 is 0 Å². The first kappa shape index (κ1) is 184. The molecule has 1 fully saturated rings. The summed E-state index contributed by atoms with van der Waals surface area (Å²) in [7, 11) is 30.9. The minimum Gasteiger partial charge on any atom is -1.00 e. The number of azide groups is 1. The molecule has 0 N–H and O–H groups in total. The summed E-state index contributed by atoms with van der Waals surface area (Å²) in [5.41, 5.74) is 7.92. The number of rotatable bonds is 9. The zero-order valence-corrected chi connectivity index (χ0v) is 111. The Hall–Kier alpha value is 12.7. The minimum atomic E-state index is -0.602. The first-order valence-electron chi connectivity index (χ1n) is 21.8. The SMILES string of the molecule is C#CCC(=O)O[CH2-].CBr.CN=[N+]=[N-].CS.CSSC.I.I.II.II.[CH2-]N1C(=O)C=CC1=O.[CH2-]N1C(=O)CC(SC)C1=O.[CH2-]OC(=O)C(C)(C)Br.[CH2-]OC(=O)C(C)(C)Br.[CH2-]OC(=O)C(C)(C)Br.[CH2-]OC(=O)C(C)(C)Br.[CH2-]OC(=O)Cc1cn(C)nn1.[S-][S-].[S-][S-].[S-][S-].[S-][S-].[Y].[Y].[Y].[Y].[Y].[Y].[Y].[Y]. The summed E-state index contributed by atoms with van der Waals surface area (Å²) < 4.78 is 24.0. The molecule has 24 nitrogen and oxygen atoms in total. The Bertz CT molecular complexity index is 2050. The van der Waals surface area contributed by atoms with Crippen LogP contribution in [0.1, 0.15) is 73.9 Å². The second-order valence-corrected chi connectivity index (χ2v) is 26.4. The molecule has 0 aromatic carbocycles. The van der Waals surface area contributed by atoms with Crippen molar-refractivity contribution in [3.8, 4) is 12.3 Å². The number of ether oxygens (including phenoxy) is 6. The van der Waals surface area contributed by atoms with Gasteiger partial charge in [0.25, 0.3) is 35.8 Å². The number of aromatic nitrogens is 3. The number of hydrogen-bond acceptors (Lipinski definition) is 31. The van der Waals surface area contributed by atoms with Crippen LogP contribution in [0.4, 0.5) is 0 Å². The summed E-state index contributed by atoms with van der Waals surface area (Å²) >= 11 is 58.0. The Morgan fingerprint density at radius 2 is 0.863 bits per heavy atom. The molecule has 55 heteroatoms. The van der Waals surface area contributed by atoms with Crippen LogP contribution in [0.15, 0.2) is 23.5 Å². The van der Waals surface area contributed by atoms with E-state index < -0.39 is 29.2 Å². The van der Waals surface area contributed by atoms with E-state index in [0.717, 1.165) is 9.80 Å². The molecule has 1 aromatic rings. The van der Waals surface area contributed by atoms with Gasteiger partial charge in [0.1, 0.15) is 23.7 Å². The van der Waals surface area contributed by atoms with Crippen LogP contribution in [0, 0.1) is 69.1 Å². The Morgan fingerprint density at radius 1 is 0.618 bits per heavy atom. The third-order valence-electron chi connectivity index (χ3n) is 6.65. The number of alkyl halides is 5. The van der Waals surface area contributed by atoms with Gasteiger partial charge < -0.3 is 132 Å². The summed E-state index contributed by atoms with van der Waals surface area (Å²) in [6, 6.07) is 0. The molecule has 2 aliphatic rings. The van der Waals surface area contributed by atoms with Gasteiger partial charge in [-0.3, -0.25) is 52.6 Å².